The first-order chi connectivity index (χ1) is 15.0. The van der Waals surface area contributed by atoms with Gasteiger partial charge in [-0.3, -0.25) is 9.52 Å². The Hall–Kier alpha value is -3.51. The zero-order chi connectivity index (χ0) is 23.5. The van der Waals surface area contributed by atoms with Crippen molar-refractivity contribution in [2.45, 2.75) is 23.6 Å². The van der Waals surface area contributed by atoms with Crippen LogP contribution in [0.25, 0.3) is 0 Å². The SMILES string of the molecule is CNC(=O)c1ccc(S(=O)(=O)Nc2ccc(S(=O)(=O)Nc3nc(C)cc(C)n3)cc2)cc1. The summed E-state index contributed by atoms with van der Waals surface area (Å²) in [7, 11) is -6.43. The fourth-order valence-electron chi connectivity index (χ4n) is 2.80. The molecule has 2 aromatic carbocycles. The summed E-state index contributed by atoms with van der Waals surface area (Å²) in [5, 5.41) is 2.45. The molecular weight excluding hydrogens is 454 g/mol. The average Bonchev–Trinajstić information content (AvgIpc) is 2.72. The van der Waals surface area contributed by atoms with Gasteiger partial charge in [-0.05, 0) is 68.4 Å². The molecule has 1 aromatic heterocycles. The number of hydrogen-bond donors (Lipinski definition) is 3. The molecule has 0 spiro atoms. The molecule has 3 aromatic rings. The van der Waals surface area contributed by atoms with Crippen LogP contribution in [0, 0.1) is 13.8 Å². The predicted molar refractivity (Wildman–Crippen MR) is 119 cm³/mol. The molecule has 168 valence electrons. The minimum absolute atomic E-state index is 0.0458. The molecule has 3 rings (SSSR count). The van der Waals surface area contributed by atoms with E-state index in [0.29, 0.717) is 17.0 Å². The van der Waals surface area contributed by atoms with Gasteiger partial charge in [-0.1, -0.05) is 0 Å². The highest BCUT2D eigenvalue weighted by Crippen LogP contribution is 2.20. The van der Waals surface area contributed by atoms with Gasteiger partial charge in [0.25, 0.3) is 26.0 Å². The molecule has 1 amide bonds. The maximum absolute atomic E-state index is 12.6. The number of nitrogens with zero attached hydrogens (tertiary/aromatic N) is 2. The molecule has 3 N–H and O–H groups in total. The quantitative estimate of drug-likeness (QED) is 0.474. The molecule has 0 radical (unpaired) electrons. The van der Waals surface area contributed by atoms with Crippen molar-refractivity contribution < 1.29 is 21.6 Å². The van der Waals surface area contributed by atoms with Crippen LogP contribution in [0.5, 0.6) is 0 Å². The molecule has 0 unspecified atom stereocenters. The highest BCUT2D eigenvalue weighted by atomic mass is 32.2. The summed E-state index contributed by atoms with van der Waals surface area (Å²) >= 11 is 0. The zero-order valence-corrected chi connectivity index (χ0v) is 19.1. The number of anilines is 2. The lowest BCUT2D eigenvalue weighted by Gasteiger charge is -2.11. The lowest BCUT2D eigenvalue weighted by atomic mass is 10.2. The first kappa shape index (κ1) is 23.2. The van der Waals surface area contributed by atoms with Crippen LogP contribution in [0.1, 0.15) is 21.7 Å². The van der Waals surface area contributed by atoms with Gasteiger partial charge in [0, 0.05) is 29.7 Å². The third-order valence-corrected chi connectivity index (χ3v) is 7.02. The van der Waals surface area contributed by atoms with E-state index in [0.717, 1.165) is 0 Å². The van der Waals surface area contributed by atoms with E-state index in [2.05, 4.69) is 24.7 Å². The van der Waals surface area contributed by atoms with Gasteiger partial charge in [-0.2, -0.15) is 0 Å². The van der Waals surface area contributed by atoms with Crippen molar-refractivity contribution in [3.8, 4) is 0 Å². The Bertz CT molecular complexity index is 1330. The second-order valence-corrected chi connectivity index (χ2v) is 10.2. The number of rotatable bonds is 7. The lowest BCUT2D eigenvalue weighted by Crippen LogP contribution is -2.18. The van der Waals surface area contributed by atoms with Crippen LogP contribution >= 0.6 is 0 Å². The van der Waals surface area contributed by atoms with Crippen LogP contribution in [-0.4, -0.2) is 39.8 Å². The zero-order valence-electron chi connectivity index (χ0n) is 17.4. The molecule has 0 aliphatic heterocycles. The van der Waals surface area contributed by atoms with Crippen molar-refractivity contribution in [2.75, 3.05) is 16.5 Å². The van der Waals surface area contributed by atoms with Crippen molar-refractivity contribution in [3.05, 3.63) is 71.5 Å². The number of benzene rings is 2. The molecule has 0 fully saturated rings. The predicted octanol–water partition coefficient (Wildman–Crippen LogP) is 2.05. The van der Waals surface area contributed by atoms with Gasteiger partial charge >= 0.3 is 0 Å². The van der Waals surface area contributed by atoms with Crippen molar-refractivity contribution >= 4 is 37.6 Å². The number of nitrogens with one attached hydrogen (secondary N) is 3. The van der Waals surface area contributed by atoms with Gasteiger partial charge in [-0.25, -0.2) is 31.5 Å². The molecule has 32 heavy (non-hydrogen) atoms. The third-order valence-electron chi connectivity index (χ3n) is 4.28. The van der Waals surface area contributed by atoms with Crippen molar-refractivity contribution in [1.82, 2.24) is 15.3 Å². The first-order valence-corrected chi connectivity index (χ1v) is 12.3. The van der Waals surface area contributed by atoms with E-state index in [4.69, 9.17) is 0 Å². The lowest BCUT2D eigenvalue weighted by molar-refractivity contribution is 0.0963. The number of hydrogen-bond acceptors (Lipinski definition) is 7. The summed E-state index contributed by atoms with van der Waals surface area (Å²) in [6, 6.07) is 12.3. The highest BCUT2D eigenvalue weighted by molar-refractivity contribution is 7.93. The Labute approximate surface area is 186 Å². The van der Waals surface area contributed by atoms with E-state index >= 15 is 0 Å². The van der Waals surface area contributed by atoms with E-state index in [-0.39, 0.29) is 27.3 Å². The summed E-state index contributed by atoms with van der Waals surface area (Å²) in [5.41, 5.74) is 1.72. The number of aryl methyl sites for hydroxylation is 2. The second kappa shape index (κ2) is 8.93. The Balaban J connectivity index is 1.76. The molecular formula is C20H21N5O5S2. The minimum atomic E-state index is -3.97. The topological polar surface area (TPSA) is 147 Å². The molecule has 10 nitrogen and oxygen atoms in total. The number of carbonyl (C=O) groups excluding carboxylic acids is 1. The maximum atomic E-state index is 12.6. The normalized spacial score (nSPS) is 11.6. The largest absolute Gasteiger partial charge is 0.355 e. The minimum Gasteiger partial charge on any atom is -0.355 e. The molecule has 1 heterocycles. The molecule has 0 saturated carbocycles. The average molecular weight is 476 g/mol. The van der Waals surface area contributed by atoms with Gasteiger partial charge in [0.2, 0.25) is 5.95 Å². The standard InChI is InChI=1S/C20H21N5O5S2/c1-13-12-14(2)23-20(22-13)25-32(29,30)18-10-6-16(7-11-18)24-31(27,28)17-8-4-15(5-9-17)19(26)21-3/h4-12,24H,1-3H3,(H,21,26)(H,22,23,25). The van der Waals surface area contributed by atoms with Crippen LogP contribution in [-0.2, 0) is 20.0 Å². The fraction of sp³-hybridized carbons (Fsp3) is 0.150. The Morgan fingerprint density at radius 1 is 0.750 bits per heavy atom. The number of sulfonamides is 2. The summed E-state index contributed by atoms with van der Waals surface area (Å²) < 4.78 is 55.0. The van der Waals surface area contributed by atoms with Crippen molar-refractivity contribution in [3.63, 3.8) is 0 Å². The monoisotopic (exact) mass is 475 g/mol. The maximum Gasteiger partial charge on any atom is 0.264 e. The van der Waals surface area contributed by atoms with Crippen LogP contribution in [0.15, 0.2) is 64.4 Å². The van der Waals surface area contributed by atoms with Crippen LogP contribution in [0.3, 0.4) is 0 Å². The van der Waals surface area contributed by atoms with E-state index in [1.165, 1.54) is 55.6 Å². The summed E-state index contributed by atoms with van der Waals surface area (Å²) in [5.74, 6) is -0.383. The van der Waals surface area contributed by atoms with E-state index < -0.39 is 20.0 Å². The fourth-order valence-corrected chi connectivity index (χ4v) is 4.80. The molecule has 12 heteroatoms. The van der Waals surface area contributed by atoms with Gasteiger partial charge in [0.05, 0.1) is 9.79 Å². The highest BCUT2D eigenvalue weighted by Gasteiger charge is 2.18. The Morgan fingerprint density at radius 2 is 1.22 bits per heavy atom. The van der Waals surface area contributed by atoms with Gasteiger partial charge in [0.15, 0.2) is 0 Å². The van der Waals surface area contributed by atoms with Crippen molar-refractivity contribution in [1.29, 1.82) is 0 Å². The van der Waals surface area contributed by atoms with Gasteiger partial charge in [-0.15, -0.1) is 0 Å². The first-order valence-electron chi connectivity index (χ1n) is 9.30. The van der Waals surface area contributed by atoms with Gasteiger partial charge in [0.1, 0.15) is 0 Å². The number of amides is 1. The Morgan fingerprint density at radius 3 is 1.72 bits per heavy atom. The Kier molecular flexibility index (Phi) is 6.46. The molecule has 0 bridgehead atoms. The number of carbonyl (C=O) groups is 1. The molecule has 0 saturated heterocycles. The molecule has 0 aliphatic rings. The second-order valence-electron chi connectivity index (χ2n) is 6.81. The van der Waals surface area contributed by atoms with Crippen LogP contribution in [0.2, 0.25) is 0 Å². The van der Waals surface area contributed by atoms with Crippen LogP contribution < -0.4 is 14.8 Å². The van der Waals surface area contributed by atoms with E-state index in [1.54, 1.807) is 19.9 Å². The van der Waals surface area contributed by atoms with E-state index in [1.807, 2.05) is 0 Å². The van der Waals surface area contributed by atoms with Gasteiger partial charge < -0.3 is 5.32 Å². The molecule has 0 atom stereocenters. The molecule has 0 aliphatic carbocycles. The third kappa shape index (κ3) is 5.39. The van der Waals surface area contributed by atoms with E-state index in [9.17, 15) is 21.6 Å². The van der Waals surface area contributed by atoms with Crippen LogP contribution in [0.4, 0.5) is 11.6 Å². The summed E-state index contributed by atoms with van der Waals surface area (Å²) in [6.07, 6.45) is 0. The smallest absolute Gasteiger partial charge is 0.264 e. The van der Waals surface area contributed by atoms with Crippen molar-refractivity contribution in [2.24, 2.45) is 0 Å². The summed E-state index contributed by atoms with van der Waals surface area (Å²) in [6.45, 7) is 3.44. The summed E-state index contributed by atoms with van der Waals surface area (Å²) in [4.78, 5) is 19.6. The number of aromatic nitrogens is 2.